The van der Waals surface area contributed by atoms with Crippen LogP contribution in [0.4, 0.5) is 5.69 Å². The van der Waals surface area contributed by atoms with Crippen molar-refractivity contribution in [2.75, 3.05) is 11.9 Å². The number of carbonyl (C=O) groups is 2. The summed E-state index contributed by atoms with van der Waals surface area (Å²) in [7, 11) is 0. The maximum Gasteiger partial charge on any atom is 0.308 e. The number of fused-ring (bicyclic) bond motifs is 1. The Hall–Kier alpha value is -3.05. The molecule has 0 aromatic heterocycles. The average Bonchev–Trinajstić information content (AvgIpc) is 2.62. The van der Waals surface area contributed by atoms with Crippen LogP contribution in [0.25, 0.3) is 10.8 Å². The van der Waals surface area contributed by atoms with Gasteiger partial charge in [0.15, 0.2) is 11.5 Å². The van der Waals surface area contributed by atoms with Crippen LogP contribution in [0.5, 0.6) is 11.5 Å². The van der Waals surface area contributed by atoms with E-state index in [0.29, 0.717) is 0 Å². The number of halogens is 1. The first-order valence-corrected chi connectivity index (χ1v) is 8.74. The van der Waals surface area contributed by atoms with Gasteiger partial charge in [0, 0.05) is 26.1 Å². The number of ether oxygens (including phenoxy) is 2. The van der Waals surface area contributed by atoms with E-state index in [1.54, 1.807) is 12.1 Å². The van der Waals surface area contributed by atoms with E-state index in [1.165, 1.54) is 13.8 Å². The Morgan fingerprint density at radius 3 is 2.04 bits per heavy atom. The number of benzene rings is 3. The van der Waals surface area contributed by atoms with Crippen molar-refractivity contribution in [1.29, 1.82) is 0 Å². The van der Waals surface area contributed by atoms with E-state index in [9.17, 15) is 9.59 Å². The molecule has 6 heteroatoms. The molecule has 0 aliphatic carbocycles. The fourth-order valence-electron chi connectivity index (χ4n) is 2.84. The van der Waals surface area contributed by atoms with E-state index in [4.69, 9.17) is 9.47 Å². The summed E-state index contributed by atoms with van der Waals surface area (Å²) >= 11 is 0. The Morgan fingerprint density at radius 1 is 0.821 bits per heavy atom. The second kappa shape index (κ2) is 9.76. The molecule has 5 nitrogen and oxygen atoms in total. The van der Waals surface area contributed by atoms with Gasteiger partial charge in [-0.1, -0.05) is 36.4 Å². The molecule has 0 atom stereocenters. The maximum absolute atomic E-state index is 11.4. The number of para-hydroxylation sites is 1. The lowest BCUT2D eigenvalue weighted by Gasteiger charge is -2.11. The first-order chi connectivity index (χ1) is 13.0. The summed E-state index contributed by atoms with van der Waals surface area (Å²) in [6.07, 6.45) is 0.847. The predicted molar refractivity (Wildman–Crippen MR) is 112 cm³/mol. The molecule has 0 aliphatic rings. The van der Waals surface area contributed by atoms with Crippen molar-refractivity contribution in [1.82, 2.24) is 0 Å². The highest BCUT2D eigenvalue weighted by Gasteiger charge is 2.12. The first kappa shape index (κ1) is 21.3. The Labute approximate surface area is 170 Å². The minimum Gasteiger partial charge on any atom is -0.423 e. The highest BCUT2D eigenvalue weighted by atomic mass is 35.5. The third-order valence-electron chi connectivity index (χ3n) is 3.99. The van der Waals surface area contributed by atoms with Gasteiger partial charge in [-0.2, -0.15) is 0 Å². The van der Waals surface area contributed by atoms with Gasteiger partial charge in [0.25, 0.3) is 0 Å². The number of anilines is 1. The lowest BCUT2D eigenvalue weighted by Crippen LogP contribution is -2.07. The van der Waals surface area contributed by atoms with Crippen molar-refractivity contribution >= 4 is 40.8 Å². The Bertz CT molecular complexity index is 973. The highest BCUT2D eigenvalue weighted by Crippen LogP contribution is 2.33. The predicted octanol–water partition coefficient (Wildman–Crippen LogP) is 4.77. The average molecular weight is 400 g/mol. The smallest absolute Gasteiger partial charge is 0.308 e. The van der Waals surface area contributed by atoms with E-state index >= 15 is 0 Å². The largest absolute Gasteiger partial charge is 0.423 e. The van der Waals surface area contributed by atoms with Crippen molar-refractivity contribution in [3.63, 3.8) is 0 Å². The maximum atomic E-state index is 11.4. The van der Waals surface area contributed by atoms with Crippen LogP contribution >= 0.6 is 12.4 Å². The van der Waals surface area contributed by atoms with Gasteiger partial charge in [-0.25, -0.2) is 0 Å². The molecule has 0 fully saturated rings. The number of nitrogens with one attached hydrogen (secondary N) is 1. The zero-order valence-electron chi connectivity index (χ0n) is 15.7. The molecule has 0 radical (unpaired) electrons. The summed E-state index contributed by atoms with van der Waals surface area (Å²) in [5.74, 6) is -0.453. The van der Waals surface area contributed by atoms with Gasteiger partial charge in [0.05, 0.1) is 0 Å². The zero-order valence-corrected chi connectivity index (χ0v) is 16.5. The van der Waals surface area contributed by atoms with E-state index in [2.05, 4.69) is 5.32 Å². The number of esters is 2. The minimum absolute atomic E-state index is 0. The molecule has 0 saturated carbocycles. The lowest BCUT2D eigenvalue weighted by atomic mass is 10.0. The van der Waals surface area contributed by atoms with Crippen LogP contribution in [-0.2, 0) is 16.0 Å². The summed E-state index contributed by atoms with van der Waals surface area (Å²) in [4.78, 5) is 22.7. The van der Waals surface area contributed by atoms with Crippen molar-refractivity contribution < 1.29 is 19.1 Å². The normalized spacial score (nSPS) is 10.1. The van der Waals surface area contributed by atoms with E-state index < -0.39 is 11.9 Å². The molecule has 0 saturated heterocycles. The summed E-state index contributed by atoms with van der Waals surface area (Å²) < 4.78 is 10.4. The molecule has 3 aromatic rings. The molecule has 0 unspecified atom stereocenters. The van der Waals surface area contributed by atoms with Gasteiger partial charge in [0.1, 0.15) is 0 Å². The lowest BCUT2D eigenvalue weighted by molar-refractivity contribution is -0.134. The SMILES string of the molecule is CC(=O)Oc1cc2ccc(CCNc3ccccc3)cc2cc1OC(C)=O.Cl. The Balaban J connectivity index is 0.00000280. The molecular weight excluding hydrogens is 378 g/mol. The van der Waals surface area contributed by atoms with Gasteiger partial charge >= 0.3 is 11.9 Å². The fourth-order valence-corrected chi connectivity index (χ4v) is 2.84. The fraction of sp³-hybridized carbons (Fsp3) is 0.182. The molecule has 3 aromatic carbocycles. The van der Waals surface area contributed by atoms with Crippen LogP contribution in [0.3, 0.4) is 0 Å². The van der Waals surface area contributed by atoms with Crippen molar-refractivity contribution in [3.8, 4) is 11.5 Å². The standard InChI is InChI=1S/C22H21NO4.ClH/c1-15(24)26-21-13-18-9-8-17(10-11-23-20-6-4-3-5-7-20)12-19(18)14-22(21)27-16(2)25;/h3-9,12-14,23H,10-11H2,1-2H3;1H. The second-order valence-corrected chi connectivity index (χ2v) is 6.21. The minimum atomic E-state index is -0.467. The van der Waals surface area contributed by atoms with Gasteiger partial charge < -0.3 is 14.8 Å². The monoisotopic (exact) mass is 399 g/mol. The van der Waals surface area contributed by atoms with E-state index in [-0.39, 0.29) is 23.9 Å². The van der Waals surface area contributed by atoms with Gasteiger partial charge in [-0.05, 0) is 47.0 Å². The van der Waals surface area contributed by atoms with Crippen LogP contribution in [-0.4, -0.2) is 18.5 Å². The molecule has 0 aliphatic heterocycles. The summed E-state index contributed by atoms with van der Waals surface area (Å²) in [5.41, 5.74) is 2.24. The Morgan fingerprint density at radius 2 is 1.43 bits per heavy atom. The topological polar surface area (TPSA) is 64.6 Å². The van der Waals surface area contributed by atoms with Gasteiger partial charge in [-0.15, -0.1) is 12.4 Å². The molecule has 28 heavy (non-hydrogen) atoms. The van der Waals surface area contributed by atoms with E-state index in [0.717, 1.165) is 35.0 Å². The third-order valence-corrected chi connectivity index (χ3v) is 3.99. The van der Waals surface area contributed by atoms with Crippen LogP contribution in [0.1, 0.15) is 19.4 Å². The van der Waals surface area contributed by atoms with Crippen molar-refractivity contribution in [2.24, 2.45) is 0 Å². The summed E-state index contributed by atoms with van der Waals surface area (Å²) in [6.45, 7) is 3.43. The van der Waals surface area contributed by atoms with Crippen molar-refractivity contribution in [2.45, 2.75) is 20.3 Å². The number of rotatable bonds is 6. The van der Waals surface area contributed by atoms with E-state index in [1.807, 2.05) is 48.5 Å². The van der Waals surface area contributed by atoms with Crippen LogP contribution in [0, 0.1) is 0 Å². The molecule has 0 heterocycles. The molecular formula is C22H22ClNO4. The molecule has 1 N–H and O–H groups in total. The molecule has 0 amide bonds. The van der Waals surface area contributed by atoms with Gasteiger partial charge in [-0.3, -0.25) is 9.59 Å². The second-order valence-electron chi connectivity index (χ2n) is 6.21. The molecule has 0 bridgehead atoms. The first-order valence-electron chi connectivity index (χ1n) is 8.74. The quantitative estimate of drug-likeness (QED) is 0.478. The summed E-state index contributed by atoms with van der Waals surface area (Å²) in [6, 6.07) is 19.5. The molecule has 0 spiro atoms. The van der Waals surface area contributed by atoms with Gasteiger partial charge in [0.2, 0.25) is 0 Å². The molecule has 146 valence electrons. The van der Waals surface area contributed by atoms with Crippen LogP contribution in [0.15, 0.2) is 60.7 Å². The Kier molecular flexibility index (Phi) is 7.41. The van der Waals surface area contributed by atoms with Crippen LogP contribution in [0.2, 0.25) is 0 Å². The third kappa shape index (κ3) is 5.72. The highest BCUT2D eigenvalue weighted by molar-refractivity contribution is 5.88. The summed E-state index contributed by atoms with van der Waals surface area (Å²) in [5, 5.41) is 5.20. The molecule has 3 rings (SSSR count). The number of hydrogen-bond acceptors (Lipinski definition) is 5. The van der Waals surface area contributed by atoms with Crippen molar-refractivity contribution in [3.05, 3.63) is 66.2 Å². The van der Waals surface area contributed by atoms with Crippen LogP contribution < -0.4 is 14.8 Å². The zero-order chi connectivity index (χ0) is 19.2. The number of hydrogen-bond donors (Lipinski definition) is 1. The number of carbonyl (C=O) groups excluding carboxylic acids is 2.